The molecule has 0 bridgehead atoms. The number of carbonyl (C=O) groups is 3. The second-order valence-electron chi connectivity index (χ2n) is 6.44. The van der Waals surface area contributed by atoms with Crippen LogP contribution >= 0.6 is 0 Å². The molecular formula is C14H25NO5. The van der Waals surface area contributed by atoms with Gasteiger partial charge in [-0.3, -0.25) is 4.79 Å². The first kappa shape index (κ1) is 18.4. The number of carbonyl (C=O) groups excluding carboxylic acids is 3. The summed E-state index contributed by atoms with van der Waals surface area (Å²) in [5, 5.41) is 0. The molecule has 0 aromatic carbocycles. The third-order valence-corrected chi connectivity index (χ3v) is 2.42. The molecule has 0 fully saturated rings. The molecule has 0 heterocycles. The maximum absolute atomic E-state index is 12.0. The van der Waals surface area contributed by atoms with Crippen LogP contribution in [0.15, 0.2) is 0 Å². The van der Waals surface area contributed by atoms with Gasteiger partial charge in [-0.05, 0) is 24.7 Å². The van der Waals surface area contributed by atoms with Crippen molar-refractivity contribution >= 4 is 18.7 Å². The average molecular weight is 287 g/mol. The number of nitrogens with zero attached hydrogens (tertiary/aromatic N) is 1. The molecule has 1 atom stereocenters. The lowest BCUT2D eigenvalue weighted by molar-refractivity contribution is -0.124. The van der Waals surface area contributed by atoms with E-state index >= 15 is 0 Å². The minimum atomic E-state index is -1.01. The van der Waals surface area contributed by atoms with Crippen LogP contribution in [0, 0.1) is 11.3 Å². The van der Waals surface area contributed by atoms with Crippen molar-refractivity contribution in [2.75, 3.05) is 6.61 Å². The smallest absolute Gasteiger partial charge is 0.427 e. The molecule has 0 radical (unpaired) electrons. The average Bonchev–Trinajstić information content (AvgIpc) is 2.24. The third-order valence-electron chi connectivity index (χ3n) is 2.42. The Morgan fingerprint density at radius 2 is 1.70 bits per heavy atom. The van der Waals surface area contributed by atoms with E-state index < -0.39 is 18.2 Å². The normalized spacial score (nSPS) is 12.8. The van der Waals surface area contributed by atoms with Gasteiger partial charge in [0.2, 0.25) is 0 Å². The molecule has 0 aliphatic heterocycles. The molecule has 116 valence electrons. The summed E-state index contributed by atoms with van der Waals surface area (Å²) in [7, 11) is 0. The lowest BCUT2D eigenvalue weighted by Gasteiger charge is -2.27. The summed E-state index contributed by atoms with van der Waals surface area (Å²) in [4.78, 5) is 34.8. The van der Waals surface area contributed by atoms with Crippen molar-refractivity contribution in [3.63, 3.8) is 0 Å². The molecule has 0 spiro atoms. The highest BCUT2D eigenvalue weighted by molar-refractivity contribution is 5.90. The van der Waals surface area contributed by atoms with Gasteiger partial charge in [0.1, 0.15) is 0 Å². The van der Waals surface area contributed by atoms with Crippen LogP contribution in [-0.2, 0) is 14.3 Å². The predicted octanol–water partition coefficient (Wildman–Crippen LogP) is 3.20. The number of hydrogen-bond acceptors (Lipinski definition) is 5. The number of ether oxygens (including phenoxy) is 2. The Labute approximate surface area is 120 Å². The molecule has 0 aliphatic rings. The fourth-order valence-electron chi connectivity index (χ4n) is 1.67. The summed E-state index contributed by atoms with van der Waals surface area (Å²) in [5.74, 6) is 0.284. The topological polar surface area (TPSA) is 72.9 Å². The molecular weight excluding hydrogens is 262 g/mol. The second kappa shape index (κ2) is 7.87. The van der Waals surface area contributed by atoms with Crippen molar-refractivity contribution in [2.24, 2.45) is 11.3 Å². The Kier molecular flexibility index (Phi) is 7.24. The predicted molar refractivity (Wildman–Crippen MR) is 74.1 cm³/mol. The molecule has 2 amide bonds. The summed E-state index contributed by atoms with van der Waals surface area (Å²) >= 11 is 0. The van der Waals surface area contributed by atoms with Gasteiger partial charge in [0.05, 0.1) is 6.61 Å². The third kappa shape index (κ3) is 7.11. The van der Waals surface area contributed by atoms with Gasteiger partial charge >= 0.3 is 18.7 Å². The monoisotopic (exact) mass is 287 g/mol. The number of rotatable bonds is 5. The largest absolute Gasteiger partial charge is 0.448 e. The standard InChI is InChI=1S/C14H25NO5/c1-10(2)7-11(3)15(13(18)20-9-16)12(17)19-8-14(4,5)6/h9-11H,7-8H2,1-6H3/t11-/m1/s1. The molecule has 0 N–H and O–H groups in total. The number of hydrogen-bond donors (Lipinski definition) is 0. The number of imide groups is 1. The quantitative estimate of drug-likeness (QED) is 0.573. The maximum Gasteiger partial charge on any atom is 0.427 e. The van der Waals surface area contributed by atoms with Gasteiger partial charge in [0, 0.05) is 6.04 Å². The highest BCUT2D eigenvalue weighted by Crippen LogP contribution is 2.17. The van der Waals surface area contributed by atoms with E-state index in [1.807, 2.05) is 34.6 Å². The SMILES string of the molecule is CC(C)C[C@@H](C)N(C(=O)OC=O)C(=O)OCC(C)(C)C. The van der Waals surface area contributed by atoms with Crippen LogP contribution in [0.3, 0.4) is 0 Å². The zero-order valence-corrected chi connectivity index (χ0v) is 13.1. The zero-order chi connectivity index (χ0) is 15.9. The highest BCUT2D eigenvalue weighted by Gasteiger charge is 2.31. The van der Waals surface area contributed by atoms with E-state index in [0.29, 0.717) is 6.42 Å². The molecule has 0 saturated heterocycles. The van der Waals surface area contributed by atoms with Gasteiger partial charge in [0.15, 0.2) is 0 Å². The van der Waals surface area contributed by atoms with E-state index in [0.717, 1.165) is 4.90 Å². The van der Waals surface area contributed by atoms with Gasteiger partial charge in [-0.25, -0.2) is 14.5 Å². The van der Waals surface area contributed by atoms with E-state index in [1.165, 1.54) is 0 Å². The fraction of sp³-hybridized carbons (Fsp3) is 0.786. The summed E-state index contributed by atoms with van der Waals surface area (Å²) in [5.41, 5.74) is -0.211. The van der Waals surface area contributed by atoms with Crippen LogP contribution in [-0.4, -0.2) is 36.2 Å². The minimum absolute atomic E-state index is 0.00840. The summed E-state index contributed by atoms with van der Waals surface area (Å²) < 4.78 is 9.37. The lowest BCUT2D eigenvalue weighted by atomic mass is 9.99. The first-order valence-electron chi connectivity index (χ1n) is 6.68. The van der Waals surface area contributed by atoms with Crippen LogP contribution in [0.1, 0.15) is 48.0 Å². The Morgan fingerprint density at radius 1 is 1.15 bits per heavy atom. The van der Waals surface area contributed by atoms with Gasteiger partial charge < -0.3 is 9.47 Å². The molecule has 0 rings (SSSR count). The van der Waals surface area contributed by atoms with Crippen molar-refractivity contribution in [3.05, 3.63) is 0 Å². The fourth-order valence-corrected chi connectivity index (χ4v) is 1.67. The first-order valence-corrected chi connectivity index (χ1v) is 6.68. The molecule has 0 aromatic heterocycles. The van der Waals surface area contributed by atoms with Gasteiger partial charge in [-0.15, -0.1) is 0 Å². The summed E-state index contributed by atoms with van der Waals surface area (Å²) in [6.07, 6.45) is -1.20. The Hall–Kier alpha value is -1.59. The summed E-state index contributed by atoms with van der Waals surface area (Å²) in [6.45, 7) is 11.6. The van der Waals surface area contributed by atoms with Gasteiger partial charge in [-0.2, -0.15) is 0 Å². The van der Waals surface area contributed by atoms with Crippen LogP contribution in [0.2, 0.25) is 0 Å². The van der Waals surface area contributed by atoms with Crippen molar-refractivity contribution in [1.82, 2.24) is 4.90 Å². The number of amides is 2. The van der Waals surface area contributed by atoms with E-state index in [-0.39, 0.29) is 24.4 Å². The first-order chi connectivity index (χ1) is 9.08. The maximum atomic E-state index is 12.0. The van der Waals surface area contributed by atoms with Crippen molar-refractivity contribution in [1.29, 1.82) is 0 Å². The van der Waals surface area contributed by atoms with E-state index in [4.69, 9.17) is 4.74 Å². The van der Waals surface area contributed by atoms with Crippen LogP contribution in [0.5, 0.6) is 0 Å². The van der Waals surface area contributed by atoms with E-state index in [1.54, 1.807) is 6.92 Å². The molecule has 6 heteroatoms. The van der Waals surface area contributed by atoms with E-state index in [2.05, 4.69) is 4.74 Å². The van der Waals surface area contributed by atoms with Crippen molar-refractivity contribution < 1.29 is 23.9 Å². The van der Waals surface area contributed by atoms with Crippen LogP contribution < -0.4 is 0 Å². The van der Waals surface area contributed by atoms with Crippen molar-refractivity contribution in [3.8, 4) is 0 Å². The molecule has 20 heavy (non-hydrogen) atoms. The van der Waals surface area contributed by atoms with E-state index in [9.17, 15) is 14.4 Å². The van der Waals surface area contributed by atoms with Crippen LogP contribution in [0.4, 0.5) is 9.59 Å². The Bertz CT molecular complexity index is 346. The molecule has 0 aliphatic carbocycles. The molecule has 6 nitrogen and oxygen atoms in total. The minimum Gasteiger partial charge on any atom is -0.448 e. The molecule has 0 saturated carbocycles. The van der Waals surface area contributed by atoms with Gasteiger partial charge in [0.25, 0.3) is 0 Å². The highest BCUT2D eigenvalue weighted by atomic mass is 16.6. The molecule has 0 aromatic rings. The second-order valence-corrected chi connectivity index (χ2v) is 6.44. The Morgan fingerprint density at radius 3 is 2.10 bits per heavy atom. The zero-order valence-electron chi connectivity index (χ0n) is 13.1. The summed E-state index contributed by atoms with van der Waals surface area (Å²) in [6, 6.07) is -0.407. The van der Waals surface area contributed by atoms with Gasteiger partial charge in [-0.1, -0.05) is 34.6 Å². The van der Waals surface area contributed by atoms with Crippen molar-refractivity contribution in [2.45, 2.75) is 54.0 Å². The Balaban J connectivity index is 4.87. The lowest BCUT2D eigenvalue weighted by Crippen LogP contribution is -2.45. The van der Waals surface area contributed by atoms with Crippen LogP contribution in [0.25, 0.3) is 0 Å². The molecule has 0 unspecified atom stereocenters.